The first-order chi connectivity index (χ1) is 18.0. The molecule has 2 N–H and O–H groups in total. The first kappa shape index (κ1) is 26.6. The minimum absolute atomic E-state index is 0.00631. The molecule has 9 heteroatoms. The molecule has 0 bridgehead atoms. The van der Waals surface area contributed by atoms with E-state index in [1.807, 2.05) is 36.4 Å². The van der Waals surface area contributed by atoms with Gasteiger partial charge < -0.3 is 15.4 Å². The van der Waals surface area contributed by atoms with Crippen molar-refractivity contribution in [1.82, 2.24) is 20.3 Å². The van der Waals surface area contributed by atoms with E-state index in [0.29, 0.717) is 36.1 Å². The second-order valence-electron chi connectivity index (χ2n) is 9.51. The van der Waals surface area contributed by atoms with Crippen molar-refractivity contribution < 1.29 is 9.53 Å². The molecule has 1 aliphatic heterocycles. The van der Waals surface area contributed by atoms with Gasteiger partial charge in [-0.1, -0.05) is 26.0 Å². The van der Waals surface area contributed by atoms with Crippen LogP contribution in [0.3, 0.4) is 0 Å². The van der Waals surface area contributed by atoms with Crippen molar-refractivity contribution in [2.24, 2.45) is 11.8 Å². The molecule has 0 radical (unpaired) electrons. The SMILES string of the molecule is CC(C)C[C@@H](Cc1nc(Nc2cccc(C#N)c2)cc(Sc2ccccn2)n1)C(=O)NCC1CCCO1. The number of nitrogens with zero attached hydrogens (tertiary/aromatic N) is 4. The Morgan fingerprint density at radius 3 is 2.81 bits per heavy atom. The average molecular weight is 517 g/mol. The lowest BCUT2D eigenvalue weighted by Crippen LogP contribution is -2.37. The highest BCUT2D eigenvalue weighted by atomic mass is 32.2. The van der Waals surface area contributed by atoms with Gasteiger partial charge in [0.25, 0.3) is 0 Å². The minimum atomic E-state index is -0.258. The molecular weight excluding hydrogens is 484 g/mol. The second-order valence-corrected chi connectivity index (χ2v) is 10.5. The summed E-state index contributed by atoms with van der Waals surface area (Å²) < 4.78 is 5.67. The van der Waals surface area contributed by atoms with E-state index in [1.165, 1.54) is 11.8 Å². The highest BCUT2D eigenvalue weighted by Gasteiger charge is 2.24. The van der Waals surface area contributed by atoms with E-state index < -0.39 is 0 Å². The molecule has 1 aliphatic rings. The van der Waals surface area contributed by atoms with Gasteiger partial charge in [-0.05, 0) is 67.3 Å². The fourth-order valence-electron chi connectivity index (χ4n) is 4.25. The molecule has 1 saturated heterocycles. The summed E-state index contributed by atoms with van der Waals surface area (Å²) in [5.74, 6) is 1.27. The lowest BCUT2D eigenvalue weighted by atomic mass is 9.93. The Labute approximate surface area is 222 Å². The summed E-state index contributed by atoms with van der Waals surface area (Å²) in [6.07, 6.45) is 5.00. The molecule has 37 heavy (non-hydrogen) atoms. The predicted molar refractivity (Wildman–Crippen MR) is 143 cm³/mol. The van der Waals surface area contributed by atoms with Crippen LogP contribution in [0.4, 0.5) is 11.5 Å². The van der Waals surface area contributed by atoms with Gasteiger partial charge in [0, 0.05) is 43.4 Å². The summed E-state index contributed by atoms with van der Waals surface area (Å²) in [7, 11) is 0. The van der Waals surface area contributed by atoms with Gasteiger partial charge in [0.2, 0.25) is 5.91 Å². The molecule has 1 fully saturated rings. The molecule has 1 unspecified atom stereocenters. The number of pyridine rings is 1. The summed E-state index contributed by atoms with van der Waals surface area (Å²) in [4.78, 5) is 27.1. The quantitative estimate of drug-likeness (QED) is 0.337. The van der Waals surface area contributed by atoms with E-state index in [-0.39, 0.29) is 17.9 Å². The number of benzene rings is 1. The van der Waals surface area contributed by atoms with Gasteiger partial charge in [0.1, 0.15) is 21.7 Å². The summed E-state index contributed by atoms with van der Waals surface area (Å²) in [5.41, 5.74) is 1.31. The lowest BCUT2D eigenvalue weighted by molar-refractivity contribution is -0.126. The van der Waals surface area contributed by atoms with Crippen LogP contribution in [0.1, 0.15) is 44.5 Å². The van der Waals surface area contributed by atoms with Crippen LogP contribution >= 0.6 is 11.8 Å². The van der Waals surface area contributed by atoms with E-state index in [0.717, 1.165) is 41.6 Å². The van der Waals surface area contributed by atoms with Crippen molar-refractivity contribution in [3.8, 4) is 6.07 Å². The van der Waals surface area contributed by atoms with E-state index in [2.05, 4.69) is 35.5 Å². The van der Waals surface area contributed by atoms with Gasteiger partial charge in [0.15, 0.2) is 0 Å². The van der Waals surface area contributed by atoms with Crippen LogP contribution < -0.4 is 10.6 Å². The number of hydrogen-bond acceptors (Lipinski definition) is 8. The van der Waals surface area contributed by atoms with Gasteiger partial charge in [-0.3, -0.25) is 4.79 Å². The Morgan fingerprint density at radius 2 is 2.08 bits per heavy atom. The minimum Gasteiger partial charge on any atom is -0.376 e. The summed E-state index contributed by atoms with van der Waals surface area (Å²) in [5, 5.41) is 17.2. The summed E-state index contributed by atoms with van der Waals surface area (Å²) >= 11 is 1.44. The zero-order valence-electron chi connectivity index (χ0n) is 21.2. The van der Waals surface area contributed by atoms with Crippen molar-refractivity contribution in [2.45, 2.75) is 55.7 Å². The van der Waals surface area contributed by atoms with E-state index in [9.17, 15) is 10.1 Å². The third-order valence-corrected chi connectivity index (χ3v) is 6.81. The van der Waals surface area contributed by atoms with Crippen molar-refractivity contribution in [3.63, 3.8) is 0 Å². The maximum atomic E-state index is 13.2. The predicted octanol–water partition coefficient (Wildman–Crippen LogP) is 5.14. The number of nitrogens with one attached hydrogen (secondary N) is 2. The van der Waals surface area contributed by atoms with Crippen LogP contribution in [-0.2, 0) is 16.0 Å². The number of nitriles is 1. The van der Waals surface area contributed by atoms with Gasteiger partial charge in [-0.25, -0.2) is 15.0 Å². The van der Waals surface area contributed by atoms with Crippen molar-refractivity contribution in [3.05, 3.63) is 66.1 Å². The largest absolute Gasteiger partial charge is 0.376 e. The third-order valence-electron chi connectivity index (χ3n) is 5.94. The molecule has 2 aromatic heterocycles. The topological polar surface area (TPSA) is 113 Å². The number of ether oxygens (including phenoxy) is 1. The normalized spacial score (nSPS) is 15.8. The number of hydrogen-bond donors (Lipinski definition) is 2. The number of rotatable bonds is 11. The maximum absolute atomic E-state index is 13.2. The van der Waals surface area contributed by atoms with E-state index >= 15 is 0 Å². The molecule has 0 spiro atoms. The van der Waals surface area contributed by atoms with E-state index in [4.69, 9.17) is 14.7 Å². The molecule has 3 aromatic rings. The molecule has 192 valence electrons. The average Bonchev–Trinajstić information content (AvgIpc) is 3.41. The zero-order chi connectivity index (χ0) is 26.0. The highest BCUT2D eigenvalue weighted by Crippen LogP contribution is 2.28. The van der Waals surface area contributed by atoms with Crippen molar-refractivity contribution >= 4 is 29.2 Å². The molecule has 2 atom stereocenters. The van der Waals surface area contributed by atoms with Crippen LogP contribution in [0.25, 0.3) is 0 Å². The Hall–Kier alpha value is -3.48. The van der Waals surface area contributed by atoms with Crippen LogP contribution in [0.15, 0.2) is 64.8 Å². The van der Waals surface area contributed by atoms with Crippen LogP contribution in [0.5, 0.6) is 0 Å². The Balaban J connectivity index is 1.57. The van der Waals surface area contributed by atoms with Gasteiger partial charge >= 0.3 is 0 Å². The second kappa shape index (κ2) is 13.2. The number of carbonyl (C=O) groups is 1. The molecule has 8 nitrogen and oxygen atoms in total. The Morgan fingerprint density at radius 1 is 1.19 bits per heavy atom. The van der Waals surface area contributed by atoms with Crippen LogP contribution in [0, 0.1) is 23.2 Å². The van der Waals surface area contributed by atoms with Gasteiger partial charge in [-0.15, -0.1) is 0 Å². The standard InChI is InChI=1S/C28H32N6O2S/c1-19(2)13-21(28(35)31-18-23-9-6-12-36-23)15-24-33-25(32-22-8-5-7-20(14-22)17-29)16-27(34-24)37-26-10-3-4-11-30-26/h3-5,7-8,10-11,14,16,19,21,23H,6,9,12-13,15,18H2,1-2H3,(H,31,35)(H,32,33,34)/t21-,23?/m0/s1. The molecule has 0 saturated carbocycles. The van der Waals surface area contributed by atoms with Gasteiger partial charge in [-0.2, -0.15) is 5.26 Å². The van der Waals surface area contributed by atoms with Crippen molar-refractivity contribution in [2.75, 3.05) is 18.5 Å². The summed E-state index contributed by atoms with van der Waals surface area (Å²) in [6, 6.07) is 17.0. The van der Waals surface area contributed by atoms with E-state index in [1.54, 1.807) is 18.3 Å². The summed E-state index contributed by atoms with van der Waals surface area (Å²) in [6.45, 7) is 5.52. The fraction of sp³-hybridized carbons (Fsp3) is 0.393. The first-order valence-electron chi connectivity index (χ1n) is 12.6. The lowest BCUT2D eigenvalue weighted by Gasteiger charge is -2.20. The molecule has 0 aliphatic carbocycles. The van der Waals surface area contributed by atoms with Crippen LogP contribution in [0.2, 0.25) is 0 Å². The first-order valence-corrected chi connectivity index (χ1v) is 13.4. The monoisotopic (exact) mass is 516 g/mol. The Bertz CT molecular complexity index is 1220. The highest BCUT2D eigenvalue weighted by molar-refractivity contribution is 7.99. The third kappa shape index (κ3) is 8.27. The zero-order valence-corrected chi connectivity index (χ0v) is 22.0. The van der Waals surface area contributed by atoms with Gasteiger partial charge in [0.05, 0.1) is 17.7 Å². The maximum Gasteiger partial charge on any atom is 0.223 e. The number of carbonyl (C=O) groups excluding carboxylic acids is 1. The molecule has 3 heterocycles. The molecule has 1 amide bonds. The number of aromatic nitrogens is 3. The molecular formula is C28H32N6O2S. The molecule has 4 rings (SSSR count). The van der Waals surface area contributed by atoms with Crippen molar-refractivity contribution in [1.29, 1.82) is 5.26 Å². The smallest absolute Gasteiger partial charge is 0.223 e. The van der Waals surface area contributed by atoms with Crippen LogP contribution in [-0.4, -0.2) is 40.1 Å². The fourth-order valence-corrected chi connectivity index (χ4v) is 5.04. The Kier molecular flexibility index (Phi) is 9.46. The molecule has 1 aromatic carbocycles. The number of amides is 1. The number of anilines is 2.